The van der Waals surface area contributed by atoms with Crippen molar-refractivity contribution in [1.29, 1.82) is 0 Å². The lowest BCUT2D eigenvalue weighted by molar-refractivity contribution is -0.148. The largest absolute Gasteiger partial charge is 0.491 e. The predicted octanol–water partition coefficient (Wildman–Crippen LogP) is 1.25. The second-order valence-corrected chi connectivity index (χ2v) is 5.62. The SMILES string of the molecule is O=C(O)COC1C=CCC(=O)C1C(=O)C=Cc1ccc(OCCO)cc1. The van der Waals surface area contributed by atoms with Crippen molar-refractivity contribution in [2.75, 3.05) is 19.8 Å². The normalized spacial score (nSPS) is 19.7. The number of aliphatic hydroxyl groups is 1. The lowest BCUT2D eigenvalue weighted by Crippen LogP contribution is -2.38. The number of hydrogen-bond acceptors (Lipinski definition) is 6. The van der Waals surface area contributed by atoms with E-state index in [2.05, 4.69) is 0 Å². The average molecular weight is 360 g/mol. The number of carboxylic acids is 1. The van der Waals surface area contributed by atoms with Crippen LogP contribution in [-0.4, -0.2) is 53.7 Å². The fourth-order valence-electron chi connectivity index (χ4n) is 2.50. The number of hydrogen-bond donors (Lipinski definition) is 2. The molecule has 1 aromatic carbocycles. The minimum absolute atomic E-state index is 0.0782. The first-order valence-corrected chi connectivity index (χ1v) is 8.09. The average Bonchev–Trinajstić information content (AvgIpc) is 2.63. The molecule has 1 aliphatic carbocycles. The summed E-state index contributed by atoms with van der Waals surface area (Å²) in [7, 11) is 0. The minimum Gasteiger partial charge on any atom is -0.491 e. The standard InChI is InChI=1S/C19H20O7/c20-10-11-25-14-7-4-13(5-8-14)6-9-16(22)19-15(21)2-1-3-17(19)26-12-18(23)24/h1,3-9,17,19-20H,2,10-12H2,(H,23,24). The summed E-state index contributed by atoms with van der Waals surface area (Å²) in [5.74, 6) is -2.35. The van der Waals surface area contributed by atoms with Gasteiger partial charge in [0.2, 0.25) is 0 Å². The topological polar surface area (TPSA) is 110 Å². The molecule has 2 rings (SSSR count). The van der Waals surface area contributed by atoms with Crippen LogP contribution in [-0.2, 0) is 19.1 Å². The van der Waals surface area contributed by atoms with E-state index in [1.54, 1.807) is 42.5 Å². The molecule has 0 aliphatic heterocycles. The molecular weight excluding hydrogens is 340 g/mol. The van der Waals surface area contributed by atoms with Crippen LogP contribution >= 0.6 is 0 Å². The number of ketones is 2. The van der Waals surface area contributed by atoms with E-state index in [9.17, 15) is 14.4 Å². The van der Waals surface area contributed by atoms with E-state index in [0.29, 0.717) is 5.75 Å². The highest BCUT2D eigenvalue weighted by atomic mass is 16.5. The van der Waals surface area contributed by atoms with Crippen LogP contribution in [0.25, 0.3) is 6.08 Å². The van der Waals surface area contributed by atoms with Gasteiger partial charge < -0.3 is 19.7 Å². The van der Waals surface area contributed by atoms with Gasteiger partial charge in [0, 0.05) is 6.42 Å². The zero-order valence-corrected chi connectivity index (χ0v) is 14.0. The molecule has 0 bridgehead atoms. The molecule has 0 saturated heterocycles. The summed E-state index contributed by atoms with van der Waals surface area (Å²) in [6.45, 7) is -0.459. The maximum atomic E-state index is 12.4. The second-order valence-electron chi connectivity index (χ2n) is 5.62. The van der Waals surface area contributed by atoms with E-state index in [1.807, 2.05) is 0 Å². The van der Waals surface area contributed by atoms with Crippen molar-refractivity contribution in [1.82, 2.24) is 0 Å². The van der Waals surface area contributed by atoms with Gasteiger partial charge in [-0.1, -0.05) is 30.4 Å². The van der Waals surface area contributed by atoms with Gasteiger partial charge in [0.05, 0.1) is 12.7 Å². The van der Waals surface area contributed by atoms with Gasteiger partial charge >= 0.3 is 5.97 Å². The Morgan fingerprint density at radius 2 is 1.96 bits per heavy atom. The summed E-state index contributed by atoms with van der Waals surface area (Å²) < 4.78 is 10.4. The molecule has 138 valence electrons. The summed E-state index contributed by atoms with van der Waals surface area (Å²) in [5, 5.41) is 17.4. The number of rotatable bonds is 9. The molecule has 26 heavy (non-hydrogen) atoms. The van der Waals surface area contributed by atoms with Gasteiger partial charge in [-0.2, -0.15) is 0 Å². The Bertz CT molecular complexity index is 703. The number of benzene rings is 1. The maximum Gasteiger partial charge on any atom is 0.329 e. The summed E-state index contributed by atoms with van der Waals surface area (Å²) in [6.07, 6.45) is 5.23. The van der Waals surface area contributed by atoms with E-state index in [1.165, 1.54) is 6.08 Å². The van der Waals surface area contributed by atoms with Crippen LogP contribution in [0.1, 0.15) is 12.0 Å². The highest BCUT2D eigenvalue weighted by Crippen LogP contribution is 2.21. The van der Waals surface area contributed by atoms with Crippen molar-refractivity contribution in [2.45, 2.75) is 12.5 Å². The smallest absolute Gasteiger partial charge is 0.329 e. The van der Waals surface area contributed by atoms with Crippen LogP contribution in [0.5, 0.6) is 5.75 Å². The third-order valence-corrected chi connectivity index (χ3v) is 3.71. The Kier molecular flexibility index (Phi) is 7.25. The number of carbonyl (C=O) groups is 3. The summed E-state index contributed by atoms with van der Waals surface area (Å²) in [5.41, 5.74) is 0.733. The molecule has 7 heteroatoms. The molecule has 0 saturated carbocycles. The molecule has 0 amide bonds. The van der Waals surface area contributed by atoms with E-state index >= 15 is 0 Å². The first-order chi connectivity index (χ1) is 12.5. The van der Waals surface area contributed by atoms with Crippen molar-refractivity contribution in [3.63, 3.8) is 0 Å². The number of aliphatic carboxylic acids is 1. The Hall–Kier alpha value is -2.77. The minimum atomic E-state index is -1.17. The molecule has 0 heterocycles. The predicted molar refractivity (Wildman–Crippen MR) is 92.7 cm³/mol. The number of ether oxygens (including phenoxy) is 2. The van der Waals surface area contributed by atoms with E-state index in [0.717, 1.165) is 5.56 Å². The molecule has 2 N–H and O–H groups in total. The number of Topliss-reactive ketones (excluding diaryl/α,β-unsaturated/α-hetero) is 1. The molecule has 2 atom stereocenters. The molecule has 7 nitrogen and oxygen atoms in total. The van der Waals surface area contributed by atoms with Gasteiger partial charge in [-0.05, 0) is 23.8 Å². The molecule has 0 fully saturated rings. The van der Waals surface area contributed by atoms with Crippen LogP contribution in [0.2, 0.25) is 0 Å². The summed E-state index contributed by atoms with van der Waals surface area (Å²) >= 11 is 0. The van der Waals surface area contributed by atoms with Gasteiger partial charge in [-0.15, -0.1) is 0 Å². The van der Waals surface area contributed by atoms with Crippen molar-refractivity contribution in [2.24, 2.45) is 5.92 Å². The van der Waals surface area contributed by atoms with Crippen LogP contribution in [0.15, 0.2) is 42.5 Å². The highest BCUT2D eigenvalue weighted by Gasteiger charge is 2.34. The zero-order valence-electron chi connectivity index (χ0n) is 14.0. The van der Waals surface area contributed by atoms with Crippen LogP contribution in [0.3, 0.4) is 0 Å². The van der Waals surface area contributed by atoms with Gasteiger partial charge in [0.25, 0.3) is 0 Å². The van der Waals surface area contributed by atoms with Gasteiger partial charge in [0.1, 0.15) is 30.7 Å². The Labute approximate surface area is 150 Å². The summed E-state index contributed by atoms with van der Waals surface area (Å²) in [6, 6.07) is 6.87. The fraction of sp³-hybridized carbons (Fsp3) is 0.316. The van der Waals surface area contributed by atoms with E-state index in [-0.39, 0.29) is 25.4 Å². The molecule has 1 aromatic rings. The van der Waals surface area contributed by atoms with Crippen molar-refractivity contribution >= 4 is 23.6 Å². The van der Waals surface area contributed by atoms with Gasteiger partial charge in [-0.3, -0.25) is 9.59 Å². The van der Waals surface area contributed by atoms with Crippen molar-refractivity contribution in [3.8, 4) is 5.75 Å². The van der Waals surface area contributed by atoms with Crippen molar-refractivity contribution in [3.05, 3.63) is 48.1 Å². The zero-order chi connectivity index (χ0) is 18.9. The summed E-state index contributed by atoms with van der Waals surface area (Å²) in [4.78, 5) is 35.1. The first kappa shape index (κ1) is 19.6. The number of aliphatic hydroxyl groups excluding tert-OH is 1. The highest BCUT2D eigenvalue weighted by molar-refractivity contribution is 6.10. The van der Waals surface area contributed by atoms with Gasteiger partial charge in [0.15, 0.2) is 5.78 Å². The Balaban J connectivity index is 2.03. The maximum absolute atomic E-state index is 12.4. The fourth-order valence-corrected chi connectivity index (χ4v) is 2.50. The quantitative estimate of drug-likeness (QED) is 0.387. The van der Waals surface area contributed by atoms with Crippen LogP contribution in [0.4, 0.5) is 0 Å². The molecule has 2 unspecified atom stereocenters. The Morgan fingerprint density at radius 1 is 1.23 bits per heavy atom. The number of carboxylic acid groups (broad SMARTS) is 1. The third kappa shape index (κ3) is 5.65. The monoisotopic (exact) mass is 360 g/mol. The molecular formula is C19H20O7. The van der Waals surface area contributed by atoms with Crippen molar-refractivity contribution < 1.29 is 34.1 Å². The molecule has 1 aliphatic rings. The number of carbonyl (C=O) groups excluding carboxylic acids is 2. The first-order valence-electron chi connectivity index (χ1n) is 8.09. The Morgan fingerprint density at radius 3 is 2.62 bits per heavy atom. The number of allylic oxidation sites excluding steroid dienone is 2. The molecule has 0 radical (unpaired) electrons. The molecule has 0 spiro atoms. The van der Waals surface area contributed by atoms with E-state index < -0.39 is 30.4 Å². The lowest BCUT2D eigenvalue weighted by atomic mass is 9.86. The van der Waals surface area contributed by atoms with Gasteiger partial charge in [-0.25, -0.2) is 4.79 Å². The third-order valence-electron chi connectivity index (χ3n) is 3.71. The lowest BCUT2D eigenvalue weighted by Gasteiger charge is -2.24. The molecule has 0 aromatic heterocycles. The second kappa shape index (κ2) is 9.65. The van der Waals surface area contributed by atoms with Crippen LogP contribution in [0, 0.1) is 5.92 Å². The van der Waals surface area contributed by atoms with Crippen LogP contribution < -0.4 is 4.74 Å². The van der Waals surface area contributed by atoms with E-state index in [4.69, 9.17) is 19.7 Å².